The lowest BCUT2D eigenvalue weighted by Crippen LogP contribution is -2.25. The van der Waals surface area contributed by atoms with Crippen LogP contribution in [0.2, 0.25) is 0 Å². The fourth-order valence-electron chi connectivity index (χ4n) is 3.81. The van der Waals surface area contributed by atoms with Crippen LogP contribution < -0.4 is 10.2 Å². The van der Waals surface area contributed by atoms with Gasteiger partial charge in [0.1, 0.15) is 11.6 Å². The first-order valence-electron chi connectivity index (χ1n) is 12.1. The highest BCUT2D eigenvalue weighted by Gasteiger charge is 2.22. The SMILES string of the molecule is C=Cc1c(/C(=C\C)C(=O)NCc2ccc(N3CCCC3=O)nc2)cnn1-c1ccc(F)cc1.CCC. The van der Waals surface area contributed by atoms with E-state index < -0.39 is 0 Å². The predicted octanol–water partition coefficient (Wildman–Crippen LogP) is 5.31. The molecule has 1 fully saturated rings. The third kappa shape index (κ3) is 6.13. The van der Waals surface area contributed by atoms with E-state index in [4.69, 9.17) is 0 Å². The summed E-state index contributed by atoms with van der Waals surface area (Å²) >= 11 is 0. The Morgan fingerprint density at radius 2 is 1.89 bits per heavy atom. The van der Waals surface area contributed by atoms with Crippen molar-refractivity contribution in [1.29, 1.82) is 0 Å². The van der Waals surface area contributed by atoms with Crippen molar-refractivity contribution in [2.45, 2.75) is 46.6 Å². The fraction of sp³-hybridized carbons (Fsp3) is 0.286. The number of carbonyl (C=O) groups is 2. The molecule has 0 radical (unpaired) electrons. The Labute approximate surface area is 211 Å². The number of allylic oxidation sites excluding steroid dienone is 1. The molecule has 3 aromatic rings. The highest BCUT2D eigenvalue weighted by atomic mass is 19.1. The smallest absolute Gasteiger partial charge is 0.251 e. The molecular weight excluding hydrogens is 457 g/mol. The molecule has 1 aromatic carbocycles. The largest absolute Gasteiger partial charge is 0.348 e. The van der Waals surface area contributed by atoms with Crippen LogP contribution in [0.1, 0.15) is 56.9 Å². The topological polar surface area (TPSA) is 80.1 Å². The lowest BCUT2D eigenvalue weighted by molar-refractivity contribution is -0.117. The number of anilines is 1. The molecule has 1 aliphatic heterocycles. The zero-order valence-corrected chi connectivity index (χ0v) is 21.0. The molecule has 1 saturated heterocycles. The molecule has 188 valence electrons. The minimum absolute atomic E-state index is 0.0838. The van der Waals surface area contributed by atoms with Gasteiger partial charge in [0.05, 0.1) is 17.6 Å². The first-order valence-corrected chi connectivity index (χ1v) is 12.1. The van der Waals surface area contributed by atoms with E-state index in [0.29, 0.717) is 41.3 Å². The number of halogens is 1. The number of nitrogens with one attached hydrogen (secondary N) is 1. The quantitative estimate of drug-likeness (QED) is 0.456. The van der Waals surface area contributed by atoms with Crippen LogP contribution in [0.25, 0.3) is 17.3 Å². The number of hydrogen-bond donors (Lipinski definition) is 1. The van der Waals surface area contributed by atoms with Crippen LogP contribution in [0, 0.1) is 5.82 Å². The van der Waals surface area contributed by atoms with Gasteiger partial charge in [0.2, 0.25) is 5.91 Å². The Morgan fingerprint density at radius 1 is 1.17 bits per heavy atom. The van der Waals surface area contributed by atoms with Gasteiger partial charge in [-0.3, -0.25) is 14.5 Å². The summed E-state index contributed by atoms with van der Waals surface area (Å²) in [5.74, 6) is 0.110. The molecule has 2 amide bonds. The van der Waals surface area contributed by atoms with Crippen molar-refractivity contribution in [2.75, 3.05) is 11.4 Å². The summed E-state index contributed by atoms with van der Waals surface area (Å²) in [6.07, 6.45) is 9.24. The van der Waals surface area contributed by atoms with Gasteiger partial charge in [0.15, 0.2) is 0 Å². The number of pyridine rings is 1. The van der Waals surface area contributed by atoms with Crippen molar-refractivity contribution < 1.29 is 14.0 Å². The van der Waals surface area contributed by atoms with Gasteiger partial charge in [-0.1, -0.05) is 39.0 Å². The molecule has 3 heterocycles. The lowest BCUT2D eigenvalue weighted by Gasteiger charge is -2.14. The zero-order chi connectivity index (χ0) is 26.1. The second-order valence-electron chi connectivity index (χ2n) is 8.30. The Kier molecular flexibility index (Phi) is 9.27. The molecule has 8 heteroatoms. The van der Waals surface area contributed by atoms with Crippen LogP contribution in [0.15, 0.2) is 61.4 Å². The second kappa shape index (κ2) is 12.6. The summed E-state index contributed by atoms with van der Waals surface area (Å²) < 4.78 is 14.9. The number of rotatable bonds is 7. The van der Waals surface area contributed by atoms with Gasteiger partial charge in [-0.05, 0) is 55.3 Å². The minimum atomic E-state index is -0.339. The van der Waals surface area contributed by atoms with Crippen LogP contribution >= 0.6 is 0 Å². The van der Waals surface area contributed by atoms with E-state index in [1.54, 1.807) is 59.3 Å². The number of nitrogens with zero attached hydrogens (tertiary/aromatic N) is 4. The lowest BCUT2D eigenvalue weighted by atomic mass is 10.1. The molecule has 0 atom stereocenters. The molecule has 7 nitrogen and oxygen atoms in total. The molecule has 2 aromatic heterocycles. The Morgan fingerprint density at radius 3 is 2.44 bits per heavy atom. The summed E-state index contributed by atoms with van der Waals surface area (Å²) in [5, 5.41) is 7.28. The highest BCUT2D eigenvalue weighted by molar-refractivity contribution is 6.20. The molecule has 0 aliphatic carbocycles. The van der Waals surface area contributed by atoms with Crippen molar-refractivity contribution in [3.63, 3.8) is 0 Å². The van der Waals surface area contributed by atoms with Gasteiger partial charge in [0, 0.05) is 36.8 Å². The van der Waals surface area contributed by atoms with E-state index >= 15 is 0 Å². The summed E-state index contributed by atoms with van der Waals surface area (Å²) in [6, 6.07) is 9.58. The standard InChI is InChI=1S/C25H24FN5O2.C3H8/c1-3-20(21-16-29-31(22(21)4-2)19-10-8-18(26)9-11-19)25(33)28-15-17-7-12-23(27-14-17)30-13-5-6-24(30)32;1-3-2/h3-4,7-12,14,16H,2,5-6,13,15H2,1H3,(H,28,33);3H2,1-2H3/b20-3+;. The first kappa shape index (κ1) is 26.5. The molecule has 1 N–H and O–H groups in total. The fourth-order valence-corrected chi connectivity index (χ4v) is 3.81. The van der Waals surface area contributed by atoms with Gasteiger partial charge in [-0.15, -0.1) is 0 Å². The highest BCUT2D eigenvalue weighted by Crippen LogP contribution is 2.24. The van der Waals surface area contributed by atoms with Crippen LogP contribution in [0.3, 0.4) is 0 Å². The molecule has 0 unspecified atom stereocenters. The van der Waals surface area contributed by atoms with Crippen LogP contribution in [-0.2, 0) is 16.1 Å². The van der Waals surface area contributed by atoms with Crippen LogP contribution in [0.4, 0.5) is 10.2 Å². The molecule has 0 saturated carbocycles. The summed E-state index contributed by atoms with van der Waals surface area (Å²) in [6.45, 7) is 10.9. The van der Waals surface area contributed by atoms with Crippen molar-refractivity contribution in [1.82, 2.24) is 20.1 Å². The average molecular weight is 490 g/mol. The molecule has 4 rings (SSSR count). The Bertz CT molecular complexity index is 1230. The third-order valence-corrected chi connectivity index (χ3v) is 5.51. The van der Waals surface area contributed by atoms with E-state index in [-0.39, 0.29) is 24.2 Å². The molecular formula is C28H32FN5O2. The Hall–Kier alpha value is -4.07. The molecule has 0 spiro atoms. The number of amides is 2. The molecule has 1 aliphatic rings. The van der Waals surface area contributed by atoms with Gasteiger partial charge < -0.3 is 5.32 Å². The predicted molar refractivity (Wildman–Crippen MR) is 141 cm³/mol. The Balaban J connectivity index is 0.00000115. The van der Waals surface area contributed by atoms with Gasteiger partial charge in [-0.25, -0.2) is 14.1 Å². The maximum Gasteiger partial charge on any atom is 0.251 e. The molecule has 0 bridgehead atoms. The van der Waals surface area contributed by atoms with E-state index in [1.807, 2.05) is 6.07 Å². The normalized spacial score (nSPS) is 13.3. The number of carbonyl (C=O) groups excluding carboxylic acids is 2. The van der Waals surface area contributed by atoms with E-state index in [9.17, 15) is 14.0 Å². The monoisotopic (exact) mass is 489 g/mol. The number of aromatic nitrogens is 3. The van der Waals surface area contributed by atoms with E-state index in [2.05, 4.69) is 35.8 Å². The number of benzene rings is 1. The van der Waals surface area contributed by atoms with Gasteiger partial charge in [0.25, 0.3) is 5.91 Å². The maximum atomic E-state index is 13.3. The van der Waals surface area contributed by atoms with Crippen molar-refractivity contribution in [3.8, 4) is 5.69 Å². The summed E-state index contributed by atoms with van der Waals surface area (Å²) in [7, 11) is 0. The second-order valence-corrected chi connectivity index (χ2v) is 8.30. The maximum absolute atomic E-state index is 13.3. The third-order valence-electron chi connectivity index (χ3n) is 5.51. The van der Waals surface area contributed by atoms with Crippen molar-refractivity contribution in [3.05, 3.63) is 84.1 Å². The zero-order valence-electron chi connectivity index (χ0n) is 21.0. The van der Waals surface area contributed by atoms with E-state index in [0.717, 1.165) is 12.0 Å². The van der Waals surface area contributed by atoms with Crippen LogP contribution in [-0.4, -0.2) is 33.1 Å². The first-order chi connectivity index (χ1) is 17.4. The van der Waals surface area contributed by atoms with E-state index in [1.165, 1.54) is 18.6 Å². The van der Waals surface area contributed by atoms with Gasteiger partial charge >= 0.3 is 0 Å². The average Bonchev–Trinajstić information content (AvgIpc) is 3.51. The van der Waals surface area contributed by atoms with Crippen molar-refractivity contribution >= 4 is 29.3 Å². The minimum Gasteiger partial charge on any atom is -0.348 e. The van der Waals surface area contributed by atoms with Gasteiger partial charge in [-0.2, -0.15) is 5.10 Å². The summed E-state index contributed by atoms with van der Waals surface area (Å²) in [5.41, 5.74) is 3.18. The van der Waals surface area contributed by atoms with Crippen LogP contribution in [0.5, 0.6) is 0 Å². The number of hydrogen-bond acceptors (Lipinski definition) is 4. The summed E-state index contributed by atoms with van der Waals surface area (Å²) in [4.78, 5) is 30.9. The molecule has 36 heavy (non-hydrogen) atoms. The van der Waals surface area contributed by atoms with Crippen molar-refractivity contribution in [2.24, 2.45) is 0 Å².